The van der Waals surface area contributed by atoms with Crippen molar-refractivity contribution in [2.24, 2.45) is 0 Å². The molecule has 0 atom stereocenters. The topological polar surface area (TPSA) is 73.2 Å². The molecule has 0 saturated carbocycles. The van der Waals surface area contributed by atoms with E-state index in [1.54, 1.807) is 71.7 Å². The molecule has 0 spiro atoms. The largest absolute Gasteiger partial charge is 0.460 e. The molecule has 0 aliphatic rings. The monoisotopic (exact) mass is 369 g/mol. The van der Waals surface area contributed by atoms with Crippen LogP contribution in [0.4, 0.5) is 5.69 Å². The number of nitrogens with zero attached hydrogens (tertiary/aromatic N) is 2. The zero-order valence-corrected chi connectivity index (χ0v) is 14.5. The van der Waals surface area contributed by atoms with E-state index in [2.05, 4.69) is 10.4 Å². The van der Waals surface area contributed by atoms with Gasteiger partial charge in [-0.15, -0.1) is 0 Å². The van der Waals surface area contributed by atoms with Gasteiger partial charge >= 0.3 is 5.97 Å². The third-order valence-corrected chi connectivity index (χ3v) is 3.87. The van der Waals surface area contributed by atoms with Crippen molar-refractivity contribution in [3.05, 3.63) is 83.1 Å². The van der Waals surface area contributed by atoms with Gasteiger partial charge < -0.3 is 10.1 Å². The lowest BCUT2D eigenvalue weighted by Crippen LogP contribution is -2.17. The van der Waals surface area contributed by atoms with Crippen molar-refractivity contribution in [3.63, 3.8) is 0 Å². The normalized spacial score (nSPS) is 10.3. The smallest absolute Gasteiger partial charge is 0.340 e. The van der Waals surface area contributed by atoms with E-state index in [1.807, 2.05) is 0 Å². The molecule has 0 unspecified atom stereocenters. The molecule has 1 heterocycles. The first-order valence-corrected chi connectivity index (χ1v) is 8.32. The molecule has 7 heteroatoms. The Hall–Kier alpha value is -3.12. The van der Waals surface area contributed by atoms with Gasteiger partial charge in [-0.25, -0.2) is 4.79 Å². The molecular formula is C19H16ClN3O3. The lowest BCUT2D eigenvalue weighted by molar-refractivity contribution is 0.0489. The number of aromatic nitrogens is 2. The van der Waals surface area contributed by atoms with Crippen molar-refractivity contribution in [3.8, 4) is 0 Å². The molecule has 0 radical (unpaired) electrons. The van der Waals surface area contributed by atoms with Crippen molar-refractivity contribution in [1.82, 2.24) is 9.78 Å². The van der Waals surface area contributed by atoms with Gasteiger partial charge in [0.15, 0.2) is 0 Å². The van der Waals surface area contributed by atoms with E-state index in [0.717, 1.165) is 0 Å². The molecule has 0 bridgehead atoms. The Morgan fingerprint density at radius 1 is 1.08 bits per heavy atom. The van der Waals surface area contributed by atoms with Crippen molar-refractivity contribution in [2.45, 2.75) is 6.54 Å². The number of hydrogen-bond donors (Lipinski definition) is 1. The zero-order chi connectivity index (χ0) is 18.4. The van der Waals surface area contributed by atoms with Crippen molar-refractivity contribution in [1.29, 1.82) is 0 Å². The quantitative estimate of drug-likeness (QED) is 0.673. The van der Waals surface area contributed by atoms with Crippen LogP contribution in [0.1, 0.15) is 20.7 Å². The molecule has 1 N–H and O–H groups in total. The van der Waals surface area contributed by atoms with E-state index in [-0.39, 0.29) is 18.1 Å². The second-order valence-corrected chi connectivity index (χ2v) is 5.85. The summed E-state index contributed by atoms with van der Waals surface area (Å²) in [6.45, 7) is 0.637. The van der Waals surface area contributed by atoms with Crippen LogP contribution in [0.2, 0.25) is 5.02 Å². The van der Waals surface area contributed by atoms with E-state index in [4.69, 9.17) is 16.3 Å². The molecule has 26 heavy (non-hydrogen) atoms. The molecule has 0 aliphatic heterocycles. The van der Waals surface area contributed by atoms with Crippen LogP contribution < -0.4 is 5.32 Å². The number of halogens is 1. The fraction of sp³-hybridized carbons (Fsp3) is 0.105. The van der Waals surface area contributed by atoms with Crippen molar-refractivity contribution in [2.75, 3.05) is 11.9 Å². The molecule has 0 saturated heterocycles. The highest BCUT2D eigenvalue weighted by molar-refractivity contribution is 6.30. The highest BCUT2D eigenvalue weighted by atomic mass is 35.5. The second-order valence-electron chi connectivity index (χ2n) is 5.41. The van der Waals surface area contributed by atoms with Crippen LogP contribution in [-0.2, 0) is 11.3 Å². The first kappa shape index (κ1) is 17.7. The highest BCUT2D eigenvalue weighted by Gasteiger charge is 2.15. The molecule has 6 nitrogen and oxygen atoms in total. The van der Waals surface area contributed by atoms with E-state index >= 15 is 0 Å². The van der Waals surface area contributed by atoms with Crippen LogP contribution >= 0.6 is 11.6 Å². The van der Waals surface area contributed by atoms with Crippen LogP contribution in [0.25, 0.3) is 0 Å². The Labute approximate surface area is 155 Å². The first-order chi connectivity index (χ1) is 12.6. The van der Waals surface area contributed by atoms with Gasteiger partial charge in [-0.05, 0) is 42.5 Å². The van der Waals surface area contributed by atoms with Gasteiger partial charge in [0.25, 0.3) is 5.91 Å². The second kappa shape index (κ2) is 8.31. The fourth-order valence-corrected chi connectivity index (χ4v) is 2.43. The number of rotatable bonds is 6. The third kappa shape index (κ3) is 4.49. The Morgan fingerprint density at radius 3 is 2.58 bits per heavy atom. The summed E-state index contributed by atoms with van der Waals surface area (Å²) in [7, 11) is 0. The molecule has 1 aromatic heterocycles. The summed E-state index contributed by atoms with van der Waals surface area (Å²) >= 11 is 5.83. The number of hydrogen-bond acceptors (Lipinski definition) is 4. The van der Waals surface area contributed by atoms with Crippen LogP contribution in [-0.4, -0.2) is 28.3 Å². The number of anilines is 1. The maximum atomic E-state index is 12.4. The highest BCUT2D eigenvalue weighted by Crippen LogP contribution is 2.18. The Balaban J connectivity index is 1.66. The van der Waals surface area contributed by atoms with Gasteiger partial charge in [-0.1, -0.05) is 23.7 Å². The molecule has 1 amide bonds. The molecule has 2 aromatic carbocycles. The number of para-hydroxylation sites is 1. The zero-order valence-electron chi connectivity index (χ0n) is 13.8. The number of carbonyl (C=O) groups is 2. The summed E-state index contributed by atoms with van der Waals surface area (Å²) in [6, 6.07) is 15.0. The number of nitrogens with one attached hydrogen (secondary N) is 1. The van der Waals surface area contributed by atoms with Gasteiger partial charge in [0, 0.05) is 23.0 Å². The van der Waals surface area contributed by atoms with Crippen LogP contribution in [0.5, 0.6) is 0 Å². The van der Waals surface area contributed by atoms with Gasteiger partial charge in [0.05, 0.1) is 17.8 Å². The number of esters is 1. The molecule has 0 aliphatic carbocycles. The predicted octanol–water partition coefficient (Wildman–Crippen LogP) is 3.65. The summed E-state index contributed by atoms with van der Waals surface area (Å²) in [5.74, 6) is -0.845. The maximum absolute atomic E-state index is 12.4. The Morgan fingerprint density at radius 2 is 1.85 bits per heavy atom. The molecule has 132 valence electrons. The maximum Gasteiger partial charge on any atom is 0.340 e. The standard InChI is InChI=1S/C19H16ClN3O3/c20-15-8-6-14(7-9-15)18(24)22-17-5-2-1-4-16(17)19(25)26-13-12-23-11-3-10-21-23/h1-11H,12-13H2,(H,22,24). The lowest BCUT2D eigenvalue weighted by Gasteiger charge is -2.11. The fourth-order valence-electron chi connectivity index (χ4n) is 2.31. The minimum atomic E-state index is -0.510. The summed E-state index contributed by atoms with van der Waals surface area (Å²) in [5, 5.41) is 7.32. The van der Waals surface area contributed by atoms with E-state index in [0.29, 0.717) is 22.8 Å². The van der Waals surface area contributed by atoms with Crippen LogP contribution in [0, 0.1) is 0 Å². The van der Waals surface area contributed by atoms with E-state index in [9.17, 15) is 9.59 Å². The SMILES string of the molecule is O=C(Nc1ccccc1C(=O)OCCn1cccn1)c1ccc(Cl)cc1. The number of benzene rings is 2. The summed E-state index contributed by atoms with van der Waals surface area (Å²) in [6.07, 6.45) is 3.44. The lowest BCUT2D eigenvalue weighted by atomic mass is 10.1. The van der Waals surface area contributed by atoms with Crippen LogP contribution in [0.15, 0.2) is 67.0 Å². The summed E-state index contributed by atoms with van der Waals surface area (Å²) in [5.41, 5.74) is 1.11. The van der Waals surface area contributed by atoms with Gasteiger partial charge in [-0.3, -0.25) is 9.48 Å². The Bertz CT molecular complexity index is 893. The van der Waals surface area contributed by atoms with Gasteiger partial charge in [0.1, 0.15) is 6.61 Å². The number of amides is 1. The average Bonchev–Trinajstić information content (AvgIpc) is 3.16. The van der Waals surface area contributed by atoms with Crippen molar-refractivity contribution < 1.29 is 14.3 Å². The minimum absolute atomic E-state index is 0.181. The third-order valence-electron chi connectivity index (χ3n) is 3.61. The minimum Gasteiger partial charge on any atom is -0.460 e. The first-order valence-electron chi connectivity index (χ1n) is 7.94. The summed E-state index contributed by atoms with van der Waals surface area (Å²) < 4.78 is 6.94. The molecule has 3 rings (SSSR count). The van der Waals surface area contributed by atoms with Gasteiger partial charge in [-0.2, -0.15) is 5.10 Å². The van der Waals surface area contributed by atoms with Gasteiger partial charge in [0.2, 0.25) is 0 Å². The van der Waals surface area contributed by atoms with Crippen LogP contribution in [0.3, 0.4) is 0 Å². The molecule has 0 fully saturated rings. The van der Waals surface area contributed by atoms with E-state index < -0.39 is 5.97 Å². The predicted molar refractivity (Wildman–Crippen MR) is 98.4 cm³/mol. The molecule has 3 aromatic rings. The number of ether oxygens (including phenoxy) is 1. The summed E-state index contributed by atoms with van der Waals surface area (Å²) in [4.78, 5) is 24.7. The Kier molecular flexibility index (Phi) is 5.66. The number of carbonyl (C=O) groups excluding carboxylic acids is 2. The van der Waals surface area contributed by atoms with Crippen molar-refractivity contribution >= 4 is 29.2 Å². The van der Waals surface area contributed by atoms with E-state index in [1.165, 1.54) is 0 Å². The molecular weight excluding hydrogens is 354 g/mol. The average molecular weight is 370 g/mol.